The number of carbonyl (C=O) groups excluding carboxylic acids is 2. The number of aryl methyl sites for hydroxylation is 2. The maximum Gasteiger partial charge on any atom is 0.161 e. The molecule has 6 heteroatoms. The first-order valence-electron chi connectivity index (χ1n) is 10.9. The molecule has 0 aliphatic carbocycles. The molecule has 5 aromatic rings. The van der Waals surface area contributed by atoms with E-state index in [-0.39, 0.29) is 11.6 Å². The molecule has 34 heavy (non-hydrogen) atoms. The Morgan fingerprint density at radius 1 is 0.824 bits per heavy atom. The fraction of sp³-hybridized carbons (Fsp3) is 0.143. The molecule has 1 N–H and O–H groups in total. The highest BCUT2D eigenvalue weighted by Crippen LogP contribution is 2.26. The van der Waals surface area contributed by atoms with Crippen molar-refractivity contribution in [2.75, 3.05) is 0 Å². The Morgan fingerprint density at radius 2 is 1.47 bits per heavy atom. The van der Waals surface area contributed by atoms with Gasteiger partial charge >= 0.3 is 0 Å². The fourth-order valence-electron chi connectivity index (χ4n) is 4.01. The molecule has 4 nitrogen and oxygen atoms in total. The van der Waals surface area contributed by atoms with Gasteiger partial charge in [0.05, 0.1) is 0 Å². The number of rotatable bonds is 5. The molecule has 0 aliphatic heterocycles. The molecular formula is C28H24Cl2N2O2. The van der Waals surface area contributed by atoms with Gasteiger partial charge in [0.25, 0.3) is 0 Å². The number of fused-ring (bicyclic) bond motifs is 2. The lowest BCUT2D eigenvalue weighted by molar-refractivity contribution is 0.101. The summed E-state index contributed by atoms with van der Waals surface area (Å²) in [7, 11) is 0. The monoisotopic (exact) mass is 490 g/mol. The van der Waals surface area contributed by atoms with Gasteiger partial charge in [0.1, 0.15) is 0 Å². The van der Waals surface area contributed by atoms with Crippen LogP contribution in [0.4, 0.5) is 0 Å². The van der Waals surface area contributed by atoms with Crippen molar-refractivity contribution in [2.45, 2.75) is 26.8 Å². The molecule has 0 saturated carbocycles. The molecule has 0 amide bonds. The number of carbonyl (C=O) groups is 2. The average Bonchev–Trinajstić information content (AvgIpc) is 3.40. The van der Waals surface area contributed by atoms with E-state index in [0.29, 0.717) is 15.6 Å². The smallest absolute Gasteiger partial charge is 0.161 e. The van der Waals surface area contributed by atoms with Crippen molar-refractivity contribution in [2.24, 2.45) is 0 Å². The van der Waals surface area contributed by atoms with Gasteiger partial charge in [-0.05, 0) is 62.2 Å². The maximum absolute atomic E-state index is 11.8. The summed E-state index contributed by atoms with van der Waals surface area (Å²) >= 11 is 11.9. The van der Waals surface area contributed by atoms with Gasteiger partial charge in [0.2, 0.25) is 0 Å². The molecule has 0 atom stereocenters. The number of nitrogens with zero attached hydrogens (tertiary/aromatic N) is 1. The summed E-state index contributed by atoms with van der Waals surface area (Å²) in [5.74, 6) is 0.120. The van der Waals surface area contributed by atoms with E-state index in [2.05, 4.69) is 21.7 Å². The van der Waals surface area contributed by atoms with Crippen molar-refractivity contribution >= 4 is 56.6 Å². The molecule has 0 spiro atoms. The van der Waals surface area contributed by atoms with Gasteiger partial charge in [-0.15, -0.1) is 0 Å². The summed E-state index contributed by atoms with van der Waals surface area (Å²) in [5, 5.41) is 3.13. The Morgan fingerprint density at radius 3 is 2.15 bits per heavy atom. The van der Waals surface area contributed by atoms with Crippen molar-refractivity contribution in [1.82, 2.24) is 9.55 Å². The van der Waals surface area contributed by atoms with E-state index in [1.54, 1.807) is 32.2 Å². The predicted octanol–water partition coefficient (Wildman–Crippen LogP) is 7.76. The van der Waals surface area contributed by atoms with E-state index in [0.717, 1.165) is 40.3 Å². The molecule has 2 heterocycles. The van der Waals surface area contributed by atoms with Crippen LogP contribution in [0.25, 0.3) is 21.8 Å². The van der Waals surface area contributed by atoms with Crippen LogP contribution in [0.1, 0.15) is 40.1 Å². The van der Waals surface area contributed by atoms with E-state index in [1.807, 2.05) is 48.7 Å². The Kier molecular flexibility index (Phi) is 7.20. The fourth-order valence-corrected chi connectivity index (χ4v) is 4.36. The Balaban J connectivity index is 0.000000180. The molecule has 2 aromatic heterocycles. The SMILES string of the molecule is CC(=O)c1c[nH]c2ccc(Cl)cc12.CC(=O)c1cn(CCc2ccccc2)c2ccc(Cl)cc12. The van der Waals surface area contributed by atoms with Gasteiger partial charge in [-0.2, -0.15) is 0 Å². The van der Waals surface area contributed by atoms with Gasteiger partial charge in [-0.25, -0.2) is 0 Å². The van der Waals surface area contributed by atoms with E-state index in [4.69, 9.17) is 23.2 Å². The summed E-state index contributed by atoms with van der Waals surface area (Å²) in [5.41, 5.74) is 4.71. The first-order chi connectivity index (χ1) is 16.3. The van der Waals surface area contributed by atoms with Crippen molar-refractivity contribution in [3.63, 3.8) is 0 Å². The zero-order valence-electron chi connectivity index (χ0n) is 18.9. The van der Waals surface area contributed by atoms with E-state index in [1.165, 1.54) is 5.56 Å². The minimum atomic E-state index is 0.0496. The van der Waals surface area contributed by atoms with Crippen molar-refractivity contribution in [3.05, 3.63) is 106 Å². The summed E-state index contributed by atoms with van der Waals surface area (Å²) in [6.45, 7) is 3.98. The largest absolute Gasteiger partial charge is 0.360 e. The predicted molar refractivity (Wildman–Crippen MR) is 140 cm³/mol. The van der Waals surface area contributed by atoms with Gasteiger partial charge < -0.3 is 9.55 Å². The highest BCUT2D eigenvalue weighted by Gasteiger charge is 2.12. The molecule has 0 bridgehead atoms. The third-order valence-corrected chi connectivity index (χ3v) is 6.20. The number of aromatic amines is 1. The summed E-state index contributed by atoms with van der Waals surface area (Å²) in [6.07, 6.45) is 4.58. The number of benzene rings is 3. The molecular weight excluding hydrogens is 467 g/mol. The van der Waals surface area contributed by atoms with Crippen LogP contribution in [0.3, 0.4) is 0 Å². The third kappa shape index (κ3) is 5.24. The maximum atomic E-state index is 11.8. The van der Waals surface area contributed by atoms with Gasteiger partial charge in [-0.1, -0.05) is 53.5 Å². The highest BCUT2D eigenvalue weighted by atomic mass is 35.5. The Hall–Kier alpha value is -3.34. The van der Waals surface area contributed by atoms with Gasteiger partial charge in [0, 0.05) is 61.9 Å². The zero-order chi connectivity index (χ0) is 24.2. The average molecular weight is 491 g/mol. The molecule has 5 rings (SSSR count). The first-order valence-corrected chi connectivity index (χ1v) is 11.7. The number of ketones is 2. The van der Waals surface area contributed by atoms with Crippen LogP contribution < -0.4 is 0 Å². The molecule has 0 radical (unpaired) electrons. The number of hydrogen-bond acceptors (Lipinski definition) is 2. The molecule has 0 fully saturated rings. The topological polar surface area (TPSA) is 54.9 Å². The van der Waals surface area contributed by atoms with E-state index >= 15 is 0 Å². The highest BCUT2D eigenvalue weighted by molar-refractivity contribution is 6.32. The van der Waals surface area contributed by atoms with Crippen LogP contribution in [0.5, 0.6) is 0 Å². The lowest BCUT2D eigenvalue weighted by Gasteiger charge is -2.05. The number of aromatic nitrogens is 2. The minimum Gasteiger partial charge on any atom is -0.360 e. The Bertz CT molecular complexity index is 1480. The van der Waals surface area contributed by atoms with Crippen molar-refractivity contribution < 1.29 is 9.59 Å². The molecule has 0 saturated heterocycles. The van der Waals surface area contributed by atoms with Crippen LogP contribution in [-0.4, -0.2) is 21.1 Å². The minimum absolute atomic E-state index is 0.0496. The van der Waals surface area contributed by atoms with Crippen LogP contribution in [0, 0.1) is 0 Å². The number of halogens is 2. The normalized spacial score (nSPS) is 10.8. The van der Waals surface area contributed by atoms with Crippen LogP contribution in [0.15, 0.2) is 79.1 Å². The lowest BCUT2D eigenvalue weighted by Crippen LogP contribution is -2.00. The van der Waals surface area contributed by atoms with Crippen molar-refractivity contribution in [3.8, 4) is 0 Å². The number of Topliss-reactive ketones (excluding diaryl/α,β-unsaturated/α-hetero) is 2. The standard InChI is InChI=1S/C18H16ClNO.C10H8ClNO/c1-13(21)17-12-20(10-9-14-5-3-2-4-6-14)18-8-7-15(19)11-16(17)18;1-6(13)9-5-12-10-3-2-7(11)4-8(9)10/h2-8,11-12H,9-10H2,1H3;2-5,12H,1H3. The van der Waals surface area contributed by atoms with Crippen molar-refractivity contribution in [1.29, 1.82) is 0 Å². The molecule has 0 unspecified atom stereocenters. The quantitative estimate of drug-likeness (QED) is 0.256. The number of H-pyrrole nitrogens is 1. The summed E-state index contributed by atoms with van der Waals surface area (Å²) in [4.78, 5) is 26.0. The molecule has 172 valence electrons. The Labute approximate surface area is 208 Å². The van der Waals surface area contributed by atoms with E-state index in [9.17, 15) is 9.59 Å². The molecule has 0 aliphatic rings. The molecule has 3 aromatic carbocycles. The summed E-state index contributed by atoms with van der Waals surface area (Å²) in [6, 6.07) is 21.5. The second-order valence-corrected chi connectivity index (χ2v) is 9.01. The lowest BCUT2D eigenvalue weighted by atomic mass is 10.1. The van der Waals surface area contributed by atoms with Crippen LogP contribution in [-0.2, 0) is 13.0 Å². The second-order valence-electron chi connectivity index (χ2n) is 8.14. The van der Waals surface area contributed by atoms with E-state index < -0.39 is 0 Å². The number of nitrogens with one attached hydrogen (secondary N) is 1. The number of hydrogen-bond donors (Lipinski definition) is 1. The van der Waals surface area contributed by atoms with Crippen LogP contribution in [0.2, 0.25) is 10.0 Å². The second kappa shape index (κ2) is 10.3. The first kappa shape index (κ1) is 23.8. The van der Waals surface area contributed by atoms with Gasteiger partial charge in [-0.3, -0.25) is 9.59 Å². The van der Waals surface area contributed by atoms with Gasteiger partial charge in [0.15, 0.2) is 11.6 Å². The third-order valence-electron chi connectivity index (χ3n) is 5.73. The zero-order valence-corrected chi connectivity index (χ0v) is 20.5. The summed E-state index contributed by atoms with van der Waals surface area (Å²) < 4.78 is 2.13. The van der Waals surface area contributed by atoms with Crippen LogP contribution >= 0.6 is 23.2 Å².